The van der Waals surface area contributed by atoms with Gasteiger partial charge in [0.05, 0.1) is 6.61 Å². The van der Waals surface area contributed by atoms with E-state index in [1.807, 2.05) is 0 Å². The third-order valence-electron chi connectivity index (χ3n) is 4.50. The van der Waals surface area contributed by atoms with E-state index >= 15 is 0 Å². The highest BCUT2D eigenvalue weighted by atomic mass is 19.1. The number of halogens is 2. The summed E-state index contributed by atoms with van der Waals surface area (Å²) in [5.74, 6) is -4.02. The molecule has 0 aromatic heterocycles. The van der Waals surface area contributed by atoms with Crippen LogP contribution in [-0.2, 0) is 14.4 Å². The van der Waals surface area contributed by atoms with Crippen LogP contribution in [0, 0.1) is 11.6 Å². The van der Waals surface area contributed by atoms with Gasteiger partial charge in [-0.3, -0.25) is 9.63 Å². The lowest BCUT2D eigenvalue weighted by atomic mass is 10.0. The highest BCUT2D eigenvalue weighted by Gasteiger charge is 2.32. The van der Waals surface area contributed by atoms with Gasteiger partial charge < -0.3 is 5.11 Å². The molecule has 2 aromatic rings. The van der Waals surface area contributed by atoms with Gasteiger partial charge in [-0.25, -0.2) is 13.6 Å². The van der Waals surface area contributed by atoms with Crippen LogP contribution in [0.25, 0.3) is 11.1 Å². The molecule has 1 amide bonds. The number of carboxylic acid groups (broad SMARTS) is 1. The molecule has 0 atom stereocenters. The molecule has 3 rings (SSSR count). The Labute approximate surface area is 160 Å². The Hall–Kier alpha value is -3.06. The van der Waals surface area contributed by atoms with Crippen LogP contribution in [0.15, 0.2) is 53.6 Å². The molecule has 2 aromatic carbocycles. The van der Waals surface area contributed by atoms with Gasteiger partial charge in [-0.1, -0.05) is 30.3 Å². The molecule has 0 aliphatic heterocycles. The van der Waals surface area contributed by atoms with Crippen LogP contribution in [0.2, 0.25) is 0 Å². The maximum Gasteiger partial charge on any atom is 0.332 e. The predicted molar refractivity (Wildman–Crippen MR) is 99.4 cm³/mol. The number of amides is 1. The van der Waals surface area contributed by atoms with Crippen LogP contribution in [-0.4, -0.2) is 23.6 Å². The second-order valence-electron chi connectivity index (χ2n) is 6.29. The molecule has 28 heavy (non-hydrogen) atoms. The first-order valence-corrected chi connectivity index (χ1v) is 8.91. The largest absolute Gasteiger partial charge is 0.478 e. The van der Waals surface area contributed by atoms with E-state index in [9.17, 15) is 23.5 Å². The standard InChI is InChI=1S/C21H19F2NO4/c1-2-28-24(20(25)15-9-6-10-16(15)21(26)27)19-17(22)11-14(12-18(19)23)13-7-4-3-5-8-13/h3-5,7-8,11-12H,2,6,9-10H2,1H3,(H,26,27). The summed E-state index contributed by atoms with van der Waals surface area (Å²) in [6.45, 7) is 1.54. The number of rotatable bonds is 6. The number of hydroxylamine groups is 1. The molecule has 5 nitrogen and oxygen atoms in total. The number of anilines is 1. The molecule has 0 saturated carbocycles. The van der Waals surface area contributed by atoms with Crippen LogP contribution in [0.5, 0.6) is 0 Å². The van der Waals surface area contributed by atoms with Gasteiger partial charge in [0.15, 0.2) is 11.6 Å². The zero-order valence-electron chi connectivity index (χ0n) is 15.2. The summed E-state index contributed by atoms with van der Waals surface area (Å²) < 4.78 is 29.7. The summed E-state index contributed by atoms with van der Waals surface area (Å²) in [4.78, 5) is 29.4. The molecule has 0 heterocycles. The minimum Gasteiger partial charge on any atom is -0.478 e. The molecule has 0 fully saturated rings. The molecule has 7 heteroatoms. The Morgan fingerprint density at radius 2 is 1.64 bits per heavy atom. The van der Waals surface area contributed by atoms with E-state index in [1.165, 1.54) is 0 Å². The van der Waals surface area contributed by atoms with Crippen molar-refractivity contribution in [2.24, 2.45) is 0 Å². The van der Waals surface area contributed by atoms with Gasteiger partial charge in [-0.2, -0.15) is 5.06 Å². The molecule has 1 aliphatic rings. The number of nitrogens with zero attached hydrogens (tertiary/aromatic N) is 1. The minimum atomic E-state index is -1.21. The predicted octanol–water partition coefficient (Wildman–Crippen LogP) is 4.48. The number of carboxylic acids is 1. The van der Waals surface area contributed by atoms with Crippen LogP contribution < -0.4 is 5.06 Å². The van der Waals surface area contributed by atoms with Crippen LogP contribution in [0.4, 0.5) is 14.5 Å². The highest BCUT2D eigenvalue weighted by molar-refractivity contribution is 6.09. The molecule has 0 saturated heterocycles. The smallest absolute Gasteiger partial charge is 0.332 e. The van der Waals surface area contributed by atoms with E-state index in [-0.39, 0.29) is 30.6 Å². The molecule has 1 N–H and O–H groups in total. The normalized spacial score (nSPS) is 13.7. The summed E-state index contributed by atoms with van der Waals surface area (Å²) in [5.41, 5.74) is 0.237. The zero-order valence-corrected chi connectivity index (χ0v) is 15.2. The number of hydrogen-bond donors (Lipinski definition) is 1. The van der Waals surface area contributed by atoms with E-state index in [0.29, 0.717) is 22.6 Å². The lowest BCUT2D eigenvalue weighted by Crippen LogP contribution is -2.34. The van der Waals surface area contributed by atoms with Gasteiger partial charge in [0.1, 0.15) is 5.69 Å². The molecule has 0 bridgehead atoms. The maximum atomic E-state index is 14.8. The van der Waals surface area contributed by atoms with E-state index in [2.05, 4.69) is 0 Å². The first kappa shape index (κ1) is 19.7. The van der Waals surface area contributed by atoms with E-state index in [4.69, 9.17) is 4.84 Å². The minimum absolute atomic E-state index is 0.00638. The molecule has 0 unspecified atom stereocenters. The van der Waals surface area contributed by atoms with E-state index in [0.717, 1.165) is 12.1 Å². The number of hydrogen-bond acceptors (Lipinski definition) is 3. The fourth-order valence-corrected chi connectivity index (χ4v) is 3.25. The average Bonchev–Trinajstić information content (AvgIpc) is 3.17. The molecular formula is C21H19F2NO4. The maximum absolute atomic E-state index is 14.8. The fourth-order valence-electron chi connectivity index (χ4n) is 3.25. The van der Waals surface area contributed by atoms with E-state index in [1.54, 1.807) is 37.3 Å². The average molecular weight is 387 g/mol. The van der Waals surface area contributed by atoms with E-state index < -0.39 is 29.2 Å². The van der Waals surface area contributed by atoms with Crippen molar-refractivity contribution in [1.29, 1.82) is 0 Å². The van der Waals surface area contributed by atoms with Gasteiger partial charge in [0.2, 0.25) is 0 Å². The summed E-state index contributed by atoms with van der Waals surface area (Å²) in [6.07, 6.45) is 0.935. The van der Waals surface area contributed by atoms with Gasteiger partial charge in [0, 0.05) is 11.1 Å². The van der Waals surface area contributed by atoms with Crippen molar-refractivity contribution in [1.82, 2.24) is 0 Å². The lowest BCUT2D eigenvalue weighted by Gasteiger charge is -2.23. The van der Waals surface area contributed by atoms with Crippen molar-refractivity contribution in [2.45, 2.75) is 26.2 Å². The number of benzene rings is 2. The van der Waals surface area contributed by atoms with Crippen molar-refractivity contribution >= 4 is 17.6 Å². The molecule has 0 radical (unpaired) electrons. The molecule has 0 spiro atoms. The third-order valence-corrected chi connectivity index (χ3v) is 4.50. The first-order valence-electron chi connectivity index (χ1n) is 8.91. The third kappa shape index (κ3) is 3.80. The lowest BCUT2D eigenvalue weighted by molar-refractivity contribution is -0.133. The summed E-state index contributed by atoms with van der Waals surface area (Å²) in [5, 5.41) is 9.80. The van der Waals surface area contributed by atoms with Crippen molar-refractivity contribution < 1.29 is 28.3 Å². The van der Waals surface area contributed by atoms with Crippen molar-refractivity contribution in [3.05, 3.63) is 65.2 Å². The quantitative estimate of drug-likeness (QED) is 0.742. The Kier molecular flexibility index (Phi) is 5.84. The molecular weight excluding hydrogens is 368 g/mol. The molecule has 1 aliphatic carbocycles. The second kappa shape index (κ2) is 8.31. The SMILES string of the molecule is CCON(C(=O)C1=C(C(=O)O)CCC1)c1c(F)cc(-c2ccccc2)cc1F. The Bertz CT molecular complexity index is 918. The second-order valence-corrected chi connectivity index (χ2v) is 6.29. The van der Waals surface area contributed by atoms with Crippen LogP contribution in [0.1, 0.15) is 26.2 Å². The number of aliphatic carboxylic acids is 1. The number of carbonyl (C=O) groups excluding carboxylic acids is 1. The Morgan fingerprint density at radius 3 is 2.21 bits per heavy atom. The van der Waals surface area contributed by atoms with Crippen LogP contribution in [0.3, 0.4) is 0 Å². The Balaban J connectivity index is 2.04. The molecule has 146 valence electrons. The van der Waals surface area contributed by atoms with Crippen molar-refractivity contribution in [3.63, 3.8) is 0 Å². The monoisotopic (exact) mass is 387 g/mol. The zero-order chi connectivity index (χ0) is 20.3. The summed E-state index contributed by atoms with van der Waals surface area (Å²) in [7, 11) is 0. The summed E-state index contributed by atoms with van der Waals surface area (Å²) in [6, 6.07) is 10.9. The van der Waals surface area contributed by atoms with Crippen LogP contribution >= 0.6 is 0 Å². The Morgan fingerprint density at radius 1 is 1.04 bits per heavy atom. The van der Waals surface area contributed by atoms with Gasteiger partial charge in [-0.05, 0) is 49.4 Å². The van der Waals surface area contributed by atoms with Gasteiger partial charge >= 0.3 is 5.97 Å². The van der Waals surface area contributed by atoms with Gasteiger partial charge in [0.25, 0.3) is 5.91 Å². The first-order chi connectivity index (χ1) is 13.4. The fraction of sp³-hybridized carbons (Fsp3) is 0.238. The van der Waals surface area contributed by atoms with Gasteiger partial charge in [-0.15, -0.1) is 0 Å². The summed E-state index contributed by atoms with van der Waals surface area (Å²) >= 11 is 0. The van der Waals surface area contributed by atoms with Crippen molar-refractivity contribution in [2.75, 3.05) is 11.7 Å². The highest BCUT2D eigenvalue weighted by Crippen LogP contribution is 2.34. The number of carbonyl (C=O) groups is 2. The topological polar surface area (TPSA) is 66.8 Å². The van der Waals surface area contributed by atoms with Crippen molar-refractivity contribution in [3.8, 4) is 11.1 Å².